The number of carbonyl (C=O) groups excluding carboxylic acids is 1. The summed E-state index contributed by atoms with van der Waals surface area (Å²) >= 11 is 5.99. The first-order valence-electron chi connectivity index (χ1n) is 8.58. The lowest BCUT2D eigenvalue weighted by molar-refractivity contribution is -0.120. The van der Waals surface area contributed by atoms with Crippen molar-refractivity contribution in [2.24, 2.45) is 4.99 Å². The molecule has 27 heavy (non-hydrogen) atoms. The molecule has 0 aliphatic carbocycles. The maximum absolute atomic E-state index is 11.8. The molecule has 1 aromatic heterocycles. The zero-order valence-corrected chi connectivity index (χ0v) is 16.2. The Hall–Kier alpha value is -2.58. The molecule has 1 unspecified atom stereocenters. The number of amides is 1. The summed E-state index contributed by atoms with van der Waals surface area (Å²) in [6.07, 6.45) is 3.64. The van der Waals surface area contributed by atoms with Crippen LogP contribution in [0.1, 0.15) is 11.6 Å². The average molecular weight is 393 g/mol. The number of halogens is 1. The first-order valence-corrected chi connectivity index (χ1v) is 8.96. The third-order valence-corrected chi connectivity index (χ3v) is 4.08. The molecule has 0 radical (unpaired) electrons. The minimum Gasteiger partial charge on any atom is -0.383 e. The number of methoxy groups -OCH3 is 1. The molecule has 1 atom stereocenters. The van der Waals surface area contributed by atoms with E-state index >= 15 is 0 Å². The van der Waals surface area contributed by atoms with Gasteiger partial charge in [0.25, 0.3) is 0 Å². The molecule has 3 N–H and O–H groups in total. The zero-order chi connectivity index (χ0) is 19.5. The Morgan fingerprint density at radius 1 is 1.30 bits per heavy atom. The second-order valence-corrected chi connectivity index (χ2v) is 6.14. The van der Waals surface area contributed by atoms with Crippen LogP contribution >= 0.6 is 11.6 Å². The van der Waals surface area contributed by atoms with Gasteiger partial charge < -0.3 is 20.7 Å². The van der Waals surface area contributed by atoms with Gasteiger partial charge in [-0.05, 0) is 23.8 Å². The molecule has 0 spiro atoms. The van der Waals surface area contributed by atoms with Crippen LogP contribution in [-0.4, -0.2) is 62.0 Å². The molecule has 0 fully saturated rings. The van der Waals surface area contributed by atoms with Gasteiger partial charge >= 0.3 is 0 Å². The standard InChI is InChI=1S/C18H25ClN6O2/c1-20-18(23-13-17(26)21-9-11-27-2)22-12-16(25-10-3-8-24-25)14-4-6-15(19)7-5-14/h3-8,10,16H,9,11-13H2,1-2H3,(H,21,26)(H2,20,22,23). The molecule has 0 bridgehead atoms. The molecule has 1 heterocycles. The highest BCUT2D eigenvalue weighted by Gasteiger charge is 2.15. The summed E-state index contributed by atoms with van der Waals surface area (Å²) in [5, 5.41) is 14.0. The van der Waals surface area contributed by atoms with E-state index in [9.17, 15) is 4.79 Å². The fourth-order valence-corrected chi connectivity index (χ4v) is 2.57. The third kappa shape index (κ3) is 6.92. The Balaban J connectivity index is 1.93. The van der Waals surface area contributed by atoms with Crippen LogP contribution < -0.4 is 16.0 Å². The number of hydrogen-bond acceptors (Lipinski definition) is 4. The van der Waals surface area contributed by atoms with Gasteiger partial charge in [0.1, 0.15) is 0 Å². The molecule has 9 heteroatoms. The van der Waals surface area contributed by atoms with Gasteiger partial charge in [-0.25, -0.2) is 0 Å². The van der Waals surface area contributed by atoms with Gasteiger partial charge in [0.2, 0.25) is 5.91 Å². The Morgan fingerprint density at radius 2 is 2.07 bits per heavy atom. The van der Waals surface area contributed by atoms with Crippen molar-refractivity contribution in [3.05, 3.63) is 53.3 Å². The summed E-state index contributed by atoms with van der Waals surface area (Å²) in [4.78, 5) is 15.9. The Morgan fingerprint density at radius 3 is 2.70 bits per heavy atom. The summed E-state index contributed by atoms with van der Waals surface area (Å²) in [7, 11) is 3.25. The molecule has 0 saturated carbocycles. The third-order valence-electron chi connectivity index (χ3n) is 3.83. The number of carbonyl (C=O) groups is 1. The van der Waals surface area contributed by atoms with Gasteiger partial charge in [-0.1, -0.05) is 23.7 Å². The number of nitrogens with zero attached hydrogens (tertiary/aromatic N) is 3. The topological polar surface area (TPSA) is 92.6 Å². The van der Waals surface area contributed by atoms with Crippen molar-refractivity contribution >= 4 is 23.5 Å². The average Bonchev–Trinajstić information content (AvgIpc) is 3.20. The number of ether oxygens (including phenoxy) is 1. The highest BCUT2D eigenvalue weighted by molar-refractivity contribution is 6.30. The van der Waals surface area contributed by atoms with E-state index in [-0.39, 0.29) is 18.5 Å². The molecular formula is C18H25ClN6O2. The molecule has 0 saturated heterocycles. The van der Waals surface area contributed by atoms with E-state index in [0.717, 1.165) is 5.56 Å². The number of hydrogen-bond donors (Lipinski definition) is 3. The predicted molar refractivity (Wildman–Crippen MR) is 106 cm³/mol. The van der Waals surface area contributed by atoms with E-state index in [2.05, 4.69) is 26.0 Å². The molecule has 0 aliphatic heterocycles. The number of benzene rings is 1. The normalized spacial score (nSPS) is 12.5. The molecule has 2 aromatic rings. The van der Waals surface area contributed by atoms with Crippen LogP contribution in [0.2, 0.25) is 5.02 Å². The van der Waals surface area contributed by atoms with Crippen molar-refractivity contribution in [2.45, 2.75) is 6.04 Å². The van der Waals surface area contributed by atoms with Crippen LogP contribution in [0, 0.1) is 0 Å². The summed E-state index contributed by atoms with van der Waals surface area (Å²) < 4.78 is 6.76. The Bertz CT molecular complexity index is 718. The van der Waals surface area contributed by atoms with Crippen LogP contribution in [-0.2, 0) is 9.53 Å². The number of aromatic nitrogens is 2. The highest BCUT2D eigenvalue weighted by Crippen LogP contribution is 2.19. The molecule has 1 amide bonds. The quantitative estimate of drug-likeness (QED) is 0.337. The minimum atomic E-state index is -0.128. The van der Waals surface area contributed by atoms with Crippen LogP contribution in [0.5, 0.6) is 0 Å². The molecule has 2 rings (SSSR count). The lowest BCUT2D eigenvalue weighted by Gasteiger charge is -2.20. The molecule has 8 nitrogen and oxygen atoms in total. The van der Waals surface area contributed by atoms with Crippen molar-refractivity contribution in [1.29, 1.82) is 0 Å². The SMILES string of the molecule is CN=C(NCC(=O)NCCOC)NCC(c1ccc(Cl)cc1)n1cccn1. The van der Waals surface area contributed by atoms with Gasteiger partial charge in [-0.2, -0.15) is 5.10 Å². The first kappa shape index (κ1) is 20.7. The molecule has 146 valence electrons. The van der Waals surface area contributed by atoms with E-state index in [1.807, 2.05) is 41.2 Å². The fourth-order valence-electron chi connectivity index (χ4n) is 2.45. The van der Waals surface area contributed by atoms with Gasteiger partial charge in [-0.3, -0.25) is 14.5 Å². The highest BCUT2D eigenvalue weighted by atomic mass is 35.5. The largest absolute Gasteiger partial charge is 0.383 e. The number of rotatable bonds is 9. The van der Waals surface area contributed by atoms with Crippen molar-refractivity contribution in [1.82, 2.24) is 25.7 Å². The monoisotopic (exact) mass is 392 g/mol. The maximum atomic E-state index is 11.8. The van der Waals surface area contributed by atoms with E-state index < -0.39 is 0 Å². The van der Waals surface area contributed by atoms with E-state index in [0.29, 0.717) is 30.7 Å². The Kier molecular flexibility index (Phi) is 8.60. The lowest BCUT2D eigenvalue weighted by Crippen LogP contribution is -2.45. The summed E-state index contributed by atoms with van der Waals surface area (Å²) in [6.45, 7) is 1.61. The second-order valence-electron chi connectivity index (χ2n) is 5.70. The Labute approximate surface area is 164 Å². The van der Waals surface area contributed by atoms with Crippen LogP contribution in [0.25, 0.3) is 0 Å². The number of nitrogens with one attached hydrogen (secondary N) is 3. The second kappa shape index (κ2) is 11.2. The van der Waals surface area contributed by atoms with Crippen LogP contribution in [0.3, 0.4) is 0 Å². The van der Waals surface area contributed by atoms with Crippen LogP contribution in [0.15, 0.2) is 47.7 Å². The van der Waals surface area contributed by atoms with Crippen molar-refractivity contribution < 1.29 is 9.53 Å². The molecular weight excluding hydrogens is 368 g/mol. The van der Waals surface area contributed by atoms with Crippen molar-refractivity contribution in [3.63, 3.8) is 0 Å². The fraction of sp³-hybridized carbons (Fsp3) is 0.389. The molecule has 1 aromatic carbocycles. The first-order chi connectivity index (χ1) is 13.1. The minimum absolute atomic E-state index is 0.0497. The van der Waals surface area contributed by atoms with E-state index in [1.165, 1.54) is 0 Å². The summed E-state index contributed by atoms with van der Waals surface area (Å²) in [5.74, 6) is 0.402. The lowest BCUT2D eigenvalue weighted by atomic mass is 10.1. The van der Waals surface area contributed by atoms with Gasteiger partial charge in [0, 0.05) is 44.7 Å². The van der Waals surface area contributed by atoms with Gasteiger partial charge in [-0.15, -0.1) is 0 Å². The van der Waals surface area contributed by atoms with Gasteiger partial charge in [0.15, 0.2) is 5.96 Å². The number of guanidine groups is 1. The van der Waals surface area contributed by atoms with E-state index in [4.69, 9.17) is 16.3 Å². The summed E-state index contributed by atoms with van der Waals surface area (Å²) in [5.41, 5.74) is 1.06. The maximum Gasteiger partial charge on any atom is 0.239 e. The molecule has 0 aliphatic rings. The predicted octanol–water partition coefficient (Wildman–Crippen LogP) is 1.05. The number of aliphatic imine (C=N–C) groups is 1. The zero-order valence-electron chi connectivity index (χ0n) is 15.5. The smallest absolute Gasteiger partial charge is 0.239 e. The van der Waals surface area contributed by atoms with Gasteiger partial charge in [0.05, 0.1) is 19.2 Å². The van der Waals surface area contributed by atoms with Crippen LogP contribution in [0.4, 0.5) is 0 Å². The summed E-state index contributed by atoms with van der Waals surface area (Å²) in [6, 6.07) is 9.47. The van der Waals surface area contributed by atoms with Crippen molar-refractivity contribution in [3.8, 4) is 0 Å². The van der Waals surface area contributed by atoms with Crippen molar-refractivity contribution in [2.75, 3.05) is 40.4 Å². The van der Waals surface area contributed by atoms with E-state index in [1.54, 1.807) is 20.4 Å².